The summed E-state index contributed by atoms with van der Waals surface area (Å²) in [5, 5.41) is 3.49. The van der Waals surface area contributed by atoms with Crippen LogP contribution >= 0.6 is 0 Å². The van der Waals surface area contributed by atoms with Crippen molar-refractivity contribution in [1.29, 1.82) is 0 Å². The van der Waals surface area contributed by atoms with E-state index in [0.29, 0.717) is 12.0 Å². The molecule has 0 amide bonds. The van der Waals surface area contributed by atoms with E-state index in [4.69, 9.17) is 9.47 Å². The third kappa shape index (κ3) is 3.93. The standard InChI is InChI=1S/C14H23NO2/c1-10(2)11(3)15-9-12-6-7-13(16-4)8-14(12)17-5/h6-8,10-11,15H,9H2,1-5H3. The van der Waals surface area contributed by atoms with Crippen molar-refractivity contribution in [2.75, 3.05) is 14.2 Å². The molecule has 1 aromatic rings. The largest absolute Gasteiger partial charge is 0.497 e. The molecule has 1 N–H and O–H groups in total. The number of hydrogen-bond acceptors (Lipinski definition) is 3. The SMILES string of the molecule is COc1ccc(CNC(C)C(C)C)c(OC)c1. The van der Waals surface area contributed by atoms with Crippen molar-refractivity contribution < 1.29 is 9.47 Å². The van der Waals surface area contributed by atoms with Gasteiger partial charge in [0.2, 0.25) is 0 Å². The molecule has 0 aliphatic heterocycles. The molecule has 0 saturated carbocycles. The molecule has 17 heavy (non-hydrogen) atoms. The van der Waals surface area contributed by atoms with Crippen molar-refractivity contribution >= 4 is 0 Å². The van der Waals surface area contributed by atoms with Crippen LogP contribution in [0.2, 0.25) is 0 Å². The Morgan fingerprint density at radius 2 is 1.82 bits per heavy atom. The second kappa shape index (κ2) is 6.50. The van der Waals surface area contributed by atoms with E-state index in [2.05, 4.69) is 26.1 Å². The van der Waals surface area contributed by atoms with Crippen LogP contribution in [-0.4, -0.2) is 20.3 Å². The molecule has 0 fully saturated rings. The van der Waals surface area contributed by atoms with Gasteiger partial charge in [-0.25, -0.2) is 0 Å². The van der Waals surface area contributed by atoms with Crippen molar-refractivity contribution in [3.63, 3.8) is 0 Å². The predicted molar refractivity (Wildman–Crippen MR) is 70.7 cm³/mol. The summed E-state index contributed by atoms with van der Waals surface area (Å²) in [6.07, 6.45) is 0. The van der Waals surface area contributed by atoms with Crippen LogP contribution in [0.15, 0.2) is 18.2 Å². The quantitative estimate of drug-likeness (QED) is 0.825. The summed E-state index contributed by atoms with van der Waals surface area (Å²) in [7, 11) is 3.34. The number of hydrogen-bond donors (Lipinski definition) is 1. The molecule has 1 atom stereocenters. The Bertz CT molecular complexity index is 350. The van der Waals surface area contributed by atoms with Crippen LogP contribution in [0.4, 0.5) is 0 Å². The predicted octanol–water partition coefficient (Wildman–Crippen LogP) is 2.84. The zero-order chi connectivity index (χ0) is 12.8. The highest BCUT2D eigenvalue weighted by atomic mass is 16.5. The highest BCUT2D eigenvalue weighted by Gasteiger charge is 2.09. The lowest BCUT2D eigenvalue weighted by Crippen LogP contribution is -2.30. The van der Waals surface area contributed by atoms with Crippen LogP contribution in [0.25, 0.3) is 0 Å². The Kier molecular flexibility index (Phi) is 5.29. The van der Waals surface area contributed by atoms with Crippen LogP contribution in [0, 0.1) is 5.92 Å². The van der Waals surface area contributed by atoms with Gasteiger partial charge in [-0.1, -0.05) is 19.9 Å². The molecule has 96 valence electrons. The van der Waals surface area contributed by atoms with Gasteiger partial charge in [0.1, 0.15) is 11.5 Å². The summed E-state index contributed by atoms with van der Waals surface area (Å²) >= 11 is 0. The summed E-state index contributed by atoms with van der Waals surface area (Å²) in [5.41, 5.74) is 1.15. The summed E-state index contributed by atoms with van der Waals surface area (Å²) in [5.74, 6) is 2.31. The zero-order valence-electron chi connectivity index (χ0n) is 11.4. The van der Waals surface area contributed by atoms with Crippen LogP contribution < -0.4 is 14.8 Å². The fourth-order valence-electron chi connectivity index (χ4n) is 1.50. The smallest absolute Gasteiger partial charge is 0.127 e. The van der Waals surface area contributed by atoms with Gasteiger partial charge in [-0.05, 0) is 18.9 Å². The average Bonchev–Trinajstić information content (AvgIpc) is 2.35. The highest BCUT2D eigenvalue weighted by Crippen LogP contribution is 2.24. The van der Waals surface area contributed by atoms with Crippen molar-refractivity contribution in [3.8, 4) is 11.5 Å². The molecule has 1 unspecified atom stereocenters. The molecular formula is C14H23NO2. The lowest BCUT2D eigenvalue weighted by atomic mass is 10.1. The fraction of sp³-hybridized carbons (Fsp3) is 0.571. The first-order valence-corrected chi connectivity index (χ1v) is 6.02. The van der Waals surface area contributed by atoms with E-state index >= 15 is 0 Å². The number of benzene rings is 1. The first kappa shape index (κ1) is 13.8. The topological polar surface area (TPSA) is 30.5 Å². The maximum atomic E-state index is 5.36. The lowest BCUT2D eigenvalue weighted by Gasteiger charge is -2.18. The Labute approximate surface area is 104 Å². The van der Waals surface area contributed by atoms with Crippen molar-refractivity contribution in [3.05, 3.63) is 23.8 Å². The maximum Gasteiger partial charge on any atom is 0.127 e. The molecule has 0 aliphatic carbocycles. The summed E-state index contributed by atoms with van der Waals surface area (Å²) in [4.78, 5) is 0. The number of methoxy groups -OCH3 is 2. The van der Waals surface area contributed by atoms with Gasteiger partial charge in [0, 0.05) is 24.2 Å². The number of rotatable bonds is 6. The molecular weight excluding hydrogens is 214 g/mol. The Balaban J connectivity index is 2.70. The van der Waals surface area contributed by atoms with Crippen LogP contribution in [0.5, 0.6) is 11.5 Å². The normalized spacial score (nSPS) is 12.6. The summed E-state index contributed by atoms with van der Waals surface area (Å²) < 4.78 is 10.5. The van der Waals surface area contributed by atoms with E-state index in [9.17, 15) is 0 Å². The minimum atomic E-state index is 0.488. The Morgan fingerprint density at radius 1 is 1.12 bits per heavy atom. The van der Waals surface area contributed by atoms with Gasteiger partial charge in [0.05, 0.1) is 14.2 Å². The molecule has 0 radical (unpaired) electrons. The minimum Gasteiger partial charge on any atom is -0.497 e. The van der Waals surface area contributed by atoms with Gasteiger partial charge < -0.3 is 14.8 Å². The first-order valence-electron chi connectivity index (χ1n) is 6.02. The highest BCUT2D eigenvalue weighted by molar-refractivity contribution is 5.40. The molecule has 0 aliphatic rings. The molecule has 3 heteroatoms. The number of ether oxygens (including phenoxy) is 2. The van der Waals surface area contributed by atoms with Crippen molar-refractivity contribution in [2.24, 2.45) is 5.92 Å². The van der Waals surface area contributed by atoms with Gasteiger partial charge in [0.25, 0.3) is 0 Å². The van der Waals surface area contributed by atoms with Gasteiger partial charge >= 0.3 is 0 Å². The van der Waals surface area contributed by atoms with E-state index < -0.39 is 0 Å². The van der Waals surface area contributed by atoms with Gasteiger partial charge in [0.15, 0.2) is 0 Å². The molecule has 0 saturated heterocycles. The molecule has 1 aromatic carbocycles. The third-order valence-electron chi connectivity index (χ3n) is 3.11. The first-order chi connectivity index (χ1) is 8.08. The molecule has 3 nitrogen and oxygen atoms in total. The van der Waals surface area contributed by atoms with Gasteiger partial charge in [-0.2, -0.15) is 0 Å². The van der Waals surface area contributed by atoms with Gasteiger partial charge in [-0.15, -0.1) is 0 Å². The third-order valence-corrected chi connectivity index (χ3v) is 3.11. The Morgan fingerprint density at radius 3 is 2.35 bits per heavy atom. The zero-order valence-corrected chi connectivity index (χ0v) is 11.4. The molecule has 0 aromatic heterocycles. The number of nitrogens with one attached hydrogen (secondary N) is 1. The van der Waals surface area contributed by atoms with Crippen LogP contribution in [0.1, 0.15) is 26.3 Å². The van der Waals surface area contributed by atoms with E-state index in [-0.39, 0.29) is 0 Å². The molecule has 0 spiro atoms. The minimum absolute atomic E-state index is 0.488. The fourth-order valence-corrected chi connectivity index (χ4v) is 1.50. The lowest BCUT2D eigenvalue weighted by molar-refractivity contribution is 0.383. The van der Waals surface area contributed by atoms with Crippen LogP contribution in [-0.2, 0) is 6.54 Å². The molecule has 0 bridgehead atoms. The van der Waals surface area contributed by atoms with E-state index in [1.54, 1.807) is 14.2 Å². The van der Waals surface area contributed by atoms with Crippen molar-refractivity contribution in [1.82, 2.24) is 5.32 Å². The summed E-state index contributed by atoms with van der Waals surface area (Å²) in [6, 6.07) is 6.40. The van der Waals surface area contributed by atoms with Crippen LogP contribution in [0.3, 0.4) is 0 Å². The Hall–Kier alpha value is -1.22. The van der Waals surface area contributed by atoms with Crippen molar-refractivity contribution in [2.45, 2.75) is 33.4 Å². The van der Waals surface area contributed by atoms with E-state index in [1.807, 2.05) is 18.2 Å². The van der Waals surface area contributed by atoms with E-state index in [1.165, 1.54) is 0 Å². The monoisotopic (exact) mass is 237 g/mol. The molecule has 0 heterocycles. The van der Waals surface area contributed by atoms with E-state index in [0.717, 1.165) is 23.6 Å². The van der Waals surface area contributed by atoms with Gasteiger partial charge in [-0.3, -0.25) is 0 Å². The average molecular weight is 237 g/mol. The maximum absolute atomic E-state index is 5.36. The summed E-state index contributed by atoms with van der Waals surface area (Å²) in [6.45, 7) is 7.43. The second-order valence-corrected chi connectivity index (χ2v) is 4.59. The second-order valence-electron chi connectivity index (χ2n) is 4.59. The molecule has 1 rings (SSSR count).